The Bertz CT molecular complexity index is 486. The van der Waals surface area contributed by atoms with Gasteiger partial charge in [0.2, 0.25) is 0 Å². The molecule has 0 amide bonds. The first-order valence-electron chi connectivity index (χ1n) is 6.08. The van der Waals surface area contributed by atoms with Crippen molar-refractivity contribution in [3.8, 4) is 0 Å². The van der Waals surface area contributed by atoms with E-state index in [0.717, 1.165) is 24.3 Å². The zero-order valence-electron chi connectivity index (χ0n) is 11.3. The Morgan fingerprint density at radius 1 is 1.39 bits per heavy atom. The minimum Gasteiger partial charge on any atom is -0.399 e. The van der Waals surface area contributed by atoms with E-state index in [4.69, 9.17) is 5.73 Å². The SMILES string of the molecule is CCN(Cc1cccc(N)c1)C(C)CS(C)(=O)=O. The van der Waals surface area contributed by atoms with Crippen molar-refractivity contribution in [1.82, 2.24) is 4.90 Å². The van der Waals surface area contributed by atoms with E-state index in [-0.39, 0.29) is 11.8 Å². The van der Waals surface area contributed by atoms with Gasteiger partial charge in [-0.1, -0.05) is 19.1 Å². The summed E-state index contributed by atoms with van der Waals surface area (Å²) in [4.78, 5) is 2.13. The molecule has 0 spiro atoms. The summed E-state index contributed by atoms with van der Waals surface area (Å²) in [7, 11) is -2.95. The normalized spacial score (nSPS) is 13.8. The maximum atomic E-state index is 11.3. The standard InChI is InChI=1S/C13H22N2O2S/c1-4-15(11(2)10-18(3,16)17)9-12-6-5-7-13(14)8-12/h5-8,11H,4,9-10,14H2,1-3H3. The van der Waals surface area contributed by atoms with E-state index in [1.54, 1.807) is 0 Å². The van der Waals surface area contributed by atoms with E-state index in [2.05, 4.69) is 4.90 Å². The molecule has 0 aliphatic carbocycles. The number of nitrogens with two attached hydrogens (primary N) is 1. The number of benzene rings is 1. The highest BCUT2D eigenvalue weighted by atomic mass is 32.2. The first-order chi connectivity index (χ1) is 8.31. The van der Waals surface area contributed by atoms with Crippen molar-refractivity contribution in [3.05, 3.63) is 29.8 Å². The Hall–Kier alpha value is -1.07. The van der Waals surface area contributed by atoms with Crippen LogP contribution in [0.15, 0.2) is 24.3 Å². The molecular formula is C13H22N2O2S. The molecule has 102 valence electrons. The number of hydrogen-bond acceptors (Lipinski definition) is 4. The summed E-state index contributed by atoms with van der Waals surface area (Å²) in [6.45, 7) is 5.51. The van der Waals surface area contributed by atoms with Crippen LogP contribution in [0, 0.1) is 0 Å². The molecule has 0 saturated carbocycles. The maximum absolute atomic E-state index is 11.3. The minimum absolute atomic E-state index is 0.00595. The highest BCUT2D eigenvalue weighted by Crippen LogP contribution is 2.12. The molecule has 1 aromatic rings. The van der Waals surface area contributed by atoms with Crippen molar-refractivity contribution in [2.45, 2.75) is 26.4 Å². The van der Waals surface area contributed by atoms with Gasteiger partial charge < -0.3 is 5.73 Å². The van der Waals surface area contributed by atoms with Crippen LogP contribution in [-0.4, -0.2) is 37.9 Å². The van der Waals surface area contributed by atoms with Gasteiger partial charge in [0.05, 0.1) is 5.75 Å². The predicted molar refractivity (Wildman–Crippen MR) is 76.1 cm³/mol. The zero-order chi connectivity index (χ0) is 13.8. The molecule has 0 aliphatic rings. The largest absolute Gasteiger partial charge is 0.399 e. The van der Waals surface area contributed by atoms with Crippen LogP contribution >= 0.6 is 0 Å². The third-order valence-corrected chi connectivity index (χ3v) is 4.00. The second-order valence-electron chi connectivity index (χ2n) is 4.75. The van der Waals surface area contributed by atoms with Gasteiger partial charge in [0.25, 0.3) is 0 Å². The lowest BCUT2D eigenvalue weighted by atomic mass is 10.1. The smallest absolute Gasteiger partial charge is 0.148 e. The molecule has 1 rings (SSSR count). The molecule has 1 atom stereocenters. The van der Waals surface area contributed by atoms with Crippen molar-refractivity contribution in [2.24, 2.45) is 0 Å². The van der Waals surface area contributed by atoms with E-state index < -0.39 is 9.84 Å². The van der Waals surface area contributed by atoms with Gasteiger partial charge in [-0.25, -0.2) is 8.42 Å². The van der Waals surface area contributed by atoms with Crippen LogP contribution in [0.3, 0.4) is 0 Å². The van der Waals surface area contributed by atoms with Crippen LogP contribution in [0.25, 0.3) is 0 Å². The summed E-state index contributed by atoms with van der Waals surface area (Å²) < 4.78 is 22.6. The Morgan fingerprint density at radius 3 is 2.56 bits per heavy atom. The second kappa shape index (κ2) is 6.20. The molecule has 5 heteroatoms. The molecule has 1 aromatic carbocycles. The number of rotatable bonds is 6. The van der Waals surface area contributed by atoms with Crippen molar-refractivity contribution in [2.75, 3.05) is 24.3 Å². The molecule has 0 bridgehead atoms. The molecule has 0 heterocycles. The van der Waals surface area contributed by atoms with Crippen LogP contribution in [0.2, 0.25) is 0 Å². The number of nitrogens with zero attached hydrogens (tertiary/aromatic N) is 1. The lowest BCUT2D eigenvalue weighted by Gasteiger charge is -2.27. The van der Waals surface area contributed by atoms with Crippen LogP contribution < -0.4 is 5.73 Å². The van der Waals surface area contributed by atoms with E-state index in [0.29, 0.717) is 0 Å². The fourth-order valence-electron chi connectivity index (χ4n) is 2.05. The van der Waals surface area contributed by atoms with Gasteiger partial charge in [0.1, 0.15) is 9.84 Å². The Balaban J connectivity index is 2.73. The number of anilines is 1. The van der Waals surface area contributed by atoms with Crippen LogP contribution in [0.1, 0.15) is 19.4 Å². The Morgan fingerprint density at radius 2 is 2.06 bits per heavy atom. The monoisotopic (exact) mass is 270 g/mol. The van der Waals surface area contributed by atoms with Gasteiger partial charge in [0, 0.05) is 24.5 Å². The lowest BCUT2D eigenvalue weighted by Crippen LogP contribution is -2.37. The average Bonchev–Trinajstić information content (AvgIpc) is 2.23. The third kappa shape index (κ3) is 5.06. The summed E-state index contributed by atoms with van der Waals surface area (Å²) in [6, 6.07) is 7.70. The topological polar surface area (TPSA) is 63.4 Å². The van der Waals surface area contributed by atoms with Crippen molar-refractivity contribution in [1.29, 1.82) is 0 Å². The van der Waals surface area contributed by atoms with Crippen LogP contribution in [0.4, 0.5) is 5.69 Å². The third-order valence-electron chi connectivity index (χ3n) is 2.91. The quantitative estimate of drug-likeness (QED) is 0.796. The van der Waals surface area contributed by atoms with Crippen molar-refractivity contribution >= 4 is 15.5 Å². The van der Waals surface area contributed by atoms with Crippen molar-refractivity contribution < 1.29 is 8.42 Å². The fourth-order valence-corrected chi connectivity index (χ4v) is 3.14. The number of hydrogen-bond donors (Lipinski definition) is 1. The predicted octanol–water partition coefficient (Wildman–Crippen LogP) is 1.52. The molecule has 0 fully saturated rings. The first kappa shape index (κ1) is 15.0. The minimum atomic E-state index is -2.95. The molecule has 0 aliphatic heterocycles. The van der Waals surface area contributed by atoms with Gasteiger partial charge in [-0.05, 0) is 31.2 Å². The highest BCUT2D eigenvalue weighted by Gasteiger charge is 2.17. The molecule has 2 N–H and O–H groups in total. The molecular weight excluding hydrogens is 248 g/mol. The molecule has 4 nitrogen and oxygen atoms in total. The first-order valence-corrected chi connectivity index (χ1v) is 8.14. The van der Waals surface area contributed by atoms with E-state index in [1.807, 2.05) is 38.1 Å². The number of nitrogen functional groups attached to an aromatic ring is 1. The highest BCUT2D eigenvalue weighted by molar-refractivity contribution is 7.90. The molecule has 0 aromatic heterocycles. The summed E-state index contributed by atoms with van der Waals surface area (Å²) >= 11 is 0. The summed E-state index contributed by atoms with van der Waals surface area (Å²) in [6.07, 6.45) is 1.28. The molecule has 0 saturated heterocycles. The maximum Gasteiger partial charge on any atom is 0.148 e. The Kier molecular flexibility index (Phi) is 5.16. The van der Waals surface area contributed by atoms with Gasteiger partial charge in [-0.3, -0.25) is 4.90 Å². The fraction of sp³-hybridized carbons (Fsp3) is 0.538. The Labute approximate surface area is 110 Å². The van der Waals surface area contributed by atoms with Gasteiger partial charge in [-0.2, -0.15) is 0 Å². The summed E-state index contributed by atoms with van der Waals surface area (Å²) in [5, 5.41) is 0. The lowest BCUT2D eigenvalue weighted by molar-refractivity contribution is 0.226. The molecule has 0 radical (unpaired) electrons. The van der Waals surface area contributed by atoms with E-state index >= 15 is 0 Å². The van der Waals surface area contributed by atoms with Crippen LogP contribution in [0.5, 0.6) is 0 Å². The van der Waals surface area contributed by atoms with Gasteiger partial charge >= 0.3 is 0 Å². The summed E-state index contributed by atoms with van der Waals surface area (Å²) in [5.41, 5.74) is 7.58. The van der Waals surface area contributed by atoms with Crippen LogP contribution in [-0.2, 0) is 16.4 Å². The van der Waals surface area contributed by atoms with Gasteiger partial charge in [0.15, 0.2) is 0 Å². The second-order valence-corrected chi connectivity index (χ2v) is 6.93. The number of sulfone groups is 1. The average molecular weight is 270 g/mol. The molecule has 18 heavy (non-hydrogen) atoms. The van der Waals surface area contributed by atoms with Crippen molar-refractivity contribution in [3.63, 3.8) is 0 Å². The van der Waals surface area contributed by atoms with E-state index in [9.17, 15) is 8.42 Å². The van der Waals surface area contributed by atoms with Gasteiger partial charge in [-0.15, -0.1) is 0 Å². The summed E-state index contributed by atoms with van der Waals surface area (Å²) in [5.74, 6) is 0.184. The molecule has 1 unspecified atom stereocenters. The van der Waals surface area contributed by atoms with E-state index in [1.165, 1.54) is 6.26 Å². The zero-order valence-corrected chi connectivity index (χ0v) is 12.1.